The number of aromatic nitrogens is 2. The van der Waals surface area contributed by atoms with E-state index >= 15 is 0 Å². The third-order valence-electron chi connectivity index (χ3n) is 5.82. The average molecular weight is 348 g/mol. The predicted molar refractivity (Wildman–Crippen MR) is 97.4 cm³/mol. The number of likely N-dealkylation sites (tertiary alicyclic amines) is 1. The summed E-state index contributed by atoms with van der Waals surface area (Å²) in [6, 6.07) is 0.567. The number of aryl methyl sites for hydroxylation is 1. The van der Waals surface area contributed by atoms with Gasteiger partial charge < -0.3 is 14.3 Å². The van der Waals surface area contributed by atoms with Crippen molar-refractivity contribution < 1.29 is 9.32 Å². The van der Waals surface area contributed by atoms with Crippen LogP contribution in [0.1, 0.15) is 63.6 Å². The SMILES string of the molecule is CN(C)c1nc(CCC2CCN(C(=O)CCC3CCCC3)CC2)no1. The molecule has 1 aromatic heterocycles. The smallest absolute Gasteiger partial charge is 0.323 e. The summed E-state index contributed by atoms with van der Waals surface area (Å²) in [7, 11) is 3.80. The molecule has 1 aromatic rings. The van der Waals surface area contributed by atoms with Gasteiger partial charge in [0.05, 0.1) is 0 Å². The van der Waals surface area contributed by atoms with Crippen molar-refractivity contribution in [1.82, 2.24) is 15.0 Å². The minimum absolute atomic E-state index is 0.374. The zero-order valence-electron chi connectivity index (χ0n) is 15.7. The fourth-order valence-electron chi connectivity index (χ4n) is 4.12. The van der Waals surface area contributed by atoms with E-state index in [0.717, 1.165) is 63.4 Å². The third kappa shape index (κ3) is 5.19. The largest absolute Gasteiger partial charge is 0.343 e. The topological polar surface area (TPSA) is 62.5 Å². The van der Waals surface area contributed by atoms with Gasteiger partial charge in [0.15, 0.2) is 5.82 Å². The van der Waals surface area contributed by atoms with Gasteiger partial charge in [-0.3, -0.25) is 4.79 Å². The molecule has 0 radical (unpaired) electrons. The maximum atomic E-state index is 12.4. The number of hydrogen-bond donors (Lipinski definition) is 0. The lowest BCUT2D eigenvalue weighted by atomic mass is 9.91. The molecular weight excluding hydrogens is 316 g/mol. The molecule has 6 heteroatoms. The molecule has 2 fully saturated rings. The number of carbonyl (C=O) groups is 1. The lowest BCUT2D eigenvalue weighted by molar-refractivity contribution is -0.132. The van der Waals surface area contributed by atoms with E-state index < -0.39 is 0 Å². The molecule has 0 spiro atoms. The Morgan fingerprint density at radius 2 is 1.80 bits per heavy atom. The quantitative estimate of drug-likeness (QED) is 0.757. The van der Waals surface area contributed by atoms with Crippen LogP contribution in [0, 0.1) is 11.8 Å². The van der Waals surface area contributed by atoms with Gasteiger partial charge >= 0.3 is 6.01 Å². The maximum Gasteiger partial charge on any atom is 0.323 e. The fourth-order valence-corrected chi connectivity index (χ4v) is 4.12. The normalized spacial score (nSPS) is 19.5. The highest BCUT2D eigenvalue weighted by Gasteiger charge is 2.24. The van der Waals surface area contributed by atoms with Crippen molar-refractivity contribution in [3.8, 4) is 0 Å². The van der Waals surface area contributed by atoms with Crippen molar-refractivity contribution in [1.29, 1.82) is 0 Å². The first-order chi connectivity index (χ1) is 12.1. The second-order valence-electron chi connectivity index (χ2n) is 7.94. The molecule has 0 atom stereocenters. The van der Waals surface area contributed by atoms with Crippen LogP contribution < -0.4 is 4.90 Å². The number of anilines is 1. The molecule has 2 aliphatic rings. The second kappa shape index (κ2) is 8.68. The molecule has 0 unspecified atom stereocenters. The lowest BCUT2D eigenvalue weighted by Crippen LogP contribution is -2.38. The van der Waals surface area contributed by atoms with E-state index in [0.29, 0.717) is 17.8 Å². The highest BCUT2D eigenvalue weighted by molar-refractivity contribution is 5.76. The van der Waals surface area contributed by atoms with E-state index in [4.69, 9.17) is 4.52 Å². The number of carbonyl (C=O) groups excluding carboxylic acids is 1. The Kier molecular flexibility index (Phi) is 6.32. The first-order valence-corrected chi connectivity index (χ1v) is 9.89. The van der Waals surface area contributed by atoms with Crippen molar-refractivity contribution in [2.45, 2.75) is 64.2 Å². The Balaban J connectivity index is 1.34. The molecule has 0 N–H and O–H groups in total. The van der Waals surface area contributed by atoms with Crippen LogP contribution in [0.2, 0.25) is 0 Å². The average Bonchev–Trinajstić information content (AvgIpc) is 3.30. The van der Waals surface area contributed by atoms with Crippen LogP contribution in [-0.2, 0) is 11.2 Å². The molecule has 1 saturated carbocycles. The van der Waals surface area contributed by atoms with E-state index in [2.05, 4.69) is 15.0 Å². The van der Waals surface area contributed by atoms with E-state index in [1.165, 1.54) is 25.7 Å². The van der Waals surface area contributed by atoms with Crippen LogP contribution in [0.15, 0.2) is 4.52 Å². The summed E-state index contributed by atoms with van der Waals surface area (Å²) in [6.07, 6.45) is 11.4. The van der Waals surface area contributed by atoms with Crippen molar-refractivity contribution in [3.63, 3.8) is 0 Å². The summed E-state index contributed by atoms with van der Waals surface area (Å²) in [5.41, 5.74) is 0. The van der Waals surface area contributed by atoms with Gasteiger partial charge in [-0.2, -0.15) is 4.98 Å². The summed E-state index contributed by atoms with van der Waals surface area (Å²) in [6.45, 7) is 1.84. The second-order valence-corrected chi connectivity index (χ2v) is 7.94. The summed E-state index contributed by atoms with van der Waals surface area (Å²) in [4.78, 5) is 20.7. The van der Waals surface area contributed by atoms with Gasteiger partial charge in [-0.1, -0.05) is 30.8 Å². The monoisotopic (exact) mass is 348 g/mol. The Labute approximate surface area is 150 Å². The molecule has 140 valence electrons. The molecule has 25 heavy (non-hydrogen) atoms. The summed E-state index contributed by atoms with van der Waals surface area (Å²) < 4.78 is 5.20. The van der Waals surface area contributed by atoms with Crippen LogP contribution in [-0.4, -0.2) is 48.1 Å². The number of hydrogen-bond acceptors (Lipinski definition) is 5. The van der Waals surface area contributed by atoms with Crippen molar-refractivity contribution >= 4 is 11.9 Å². The van der Waals surface area contributed by atoms with Gasteiger partial charge in [-0.25, -0.2) is 0 Å². The molecule has 1 saturated heterocycles. The Bertz CT molecular complexity index is 543. The first kappa shape index (κ1) is 18.2. The van der Waals surface area contributed by atoms with Crippen molar-refractivity contribution in [2.75, 3.05) is 32.1 Å². The summed E-state index contributed by atoms with van der Waals surface area (Å²) in [5.74, 6) is 2.64. The number of amides is 1. The zero-order valence-corrected chi connectivity index (χ0v) is 15.7. The highest BCUT2D eigenvalue weighted by atomic mass is 16.5. The minimum atomic E-state index is 0.374. The van der Waals surface area contributed by atoms with Gasteiger partial charge in [0, 0.05) is 40.0 Å². The van der Waals surface area contributed by atoms with E-state index in [9.17, 15) is 4.79 Å². The molecule has 0 aromatic carbocycles. The Morgan fingerprint density at radius 3 is 2.44 bits per heavy atom. The van der Waals surface area contributed by atoms with Gasteiger partial charge in [0.1, 0.15) is 0 Å². The number of rotatable bonds is 7. The molecule has 2 heterocycles. The van der Waals surface area contributed by atoms with Crippen molar-refractivity contribution in [2.24, 2.45) is 11.8 Å². The molecular formula is C19H32N4O2. The minimum Gasteiger partial charge on any atom is -0.343 e. The molecule has 1 aliphatic carbocycles. The van der Waals surface area contributed by atoms with Crippen LogP contribution in [0.3, 0.4) is 0 Å². The fraction of sp³-hybridized carbons (Fsp3) is 0.842. The Hall–Kier alpha value is -1.59. The summed E-state index contributed by atoms with van der Waals surface area (Å²) in [5, 5.41) is 4.03. The summed E-state index contributed by atoms with van der Waals surface area (Å²) >= 11 is 0. The standard InChI is InChI=1S/C19H32N4O2/c1-22(2)19-20-17(21-25-19)9-7-16-11-13-23(14-12-16)18(24)10-8-15-5-3-4-6-15/h15-16H,3-14H2,1-2H3. The predicted octanol–water partition coefficient (Wildman–Crippen LogP) is 3.28. The van der Waals surface area contributed by atoms with Crippen LogP contribution in [0.5, 0.6) is 0 Å². The molecule has 6 nitrogen and oxygen atoms in total. The van der Waals surface area contributed by atoms with Crippen LogP contribution in [0.25, 0.3) is 0 Å². The highest BCUT2D eigenvalue weighted by Crippen LogP contribution is 2.29. The first-order valence-electron chi connectivity index (χ1n) is 9.89. The van der Waals surface area contributed by atoms with E-state index in [1.54, 1.807) is 0 Å². The van der Waals surface area contributed by atoms with Gasteiger partial charge in [0.2, 0.25) is 5.91 Å². The van der Waals surface area contributed by atoms with E-state index in [1.807, 2.05) is 19.0 Å². The molecule has 0 bridgehead atoms. The maximum absolute atomic E-state index is 12.4. The van der Waals surface area contributed by atoms with Crippen LogP contribution >= 0.6 is 0 Å². The van der Waals surface area contributed by atoms with Gasteiger partial charge in [0.25, 0.3) is 0 Å². The number of nitrogens with zero attached hydrogens (tertiary/aromatic N) is 4. The lowest BCUT2D eigenvalue weighted by Gasteiger charge is -2.32. The molecule has 1 aliphatic heterocycles. The zero-order chi connectivity index (χ0) is 17.6. The number of piperidine rings is 1. The third-order valence-corrected chi connectivity index (χ3v) is 5.82. The Morgan fingerprint density at radius 1 is 1.12 bits per heavy atom. The van der Waals surface area contributed by atoms with Crippen LogP contribution in [0.4, 0.5) is 6.01 Å². The molecule has 1 amide bonds. The molecule has 3 rings (SSSR count). The van der Waals surface area contributed by atoms with Gasteiger partial charge in [-0.05, 0) is 37.5 Å². The van der Waals surface area contributed by atoms with Crippen molar-refractivity contribution in [3.05, 3.63) is 5.82 Å². The van der Waals surface area contributed by atoms with Gasteiger partial charge in [-0.15, -0.1) is 0 Å². The van der Waals surface area contributed by atoms with E-state index in [-0.39, 0.29) is 0 Å².